The lowest BCUT2D eigenvalue weighted by Crippen LogP contribution is -2.52. The normalized spacial score (nSPS) is 46.1. The molecule has 0 radical (unpaired) electrons. The topological polar surface area (TPSA) is 34.1 Å². The summed E-state index contributed by atoms with van der Waals surface area (Å²) < 4.78 is 0. The van der Waals surface area contributed by atoms with E-state index in [-0.39, 0.29) is 5.41 Å². The zero-order chi connectivity index (χ0) is 16.8. The Morgan fingerprint density at radius 1 is 1.22 bits per heavy atom. The standard InChI is InChI=1S/C21H32O2/c1-14(2)16-7-8-17-15-6-9-19(23)21(4,11-5-13-22)18(15)10-12-20(16,17)3/h13,15-18H,1,5-12H2,2-4H3. The van der Waals surface area contributed by atoms with E-state index >= 15 is 0 Å². The van der Waals surface area contributed by atoms with Crippen molar-refractivity contribution in [1.29, 1.82) is 0 Å². The molecule has 6 unspecified atom stereocenters. The summed E-state index contributed by atoms with van der Waals surface area (Å²) in [6.07, 6.45) is 9.02. The minimum atomic E-state index is -0.257. The van der Waals surface area contributed by atoms with E-state index in [4.69, 9.17) is 0 Å². The van der Waals surface area contributed by atoms with Crippen LogP contribution < -0.4 is 0 Å². The second-order valence-corrected chi connectivity index (χ2v) is 8.98. The van der Waals surface area contributed by atoms with Gasteiger partial charge in [0.25, 0.3) is 0 Å². The van der Waals surface area contributed by atoms with Crippen LogP contribution >= 0.6 is 0 Å². The highest BCUT2D eigenvalue weighted by Crippen LogP contribution is 2.65. The summed E-state index contributed by atoms with van der Waals surface area (Å²) >= 11 is 0. The van der Waals surface area contributed by atoms with Crippen LogP contribution in [-0.2, 0) is 9.59 Å². The van der Waals surface area contributed by atoms with Crippen molar-refractivity contribution in [2.75, 3.05) is 0 Å². The number of Topliss-reactive ketones (excluding diaryl/α,β-unsaturated/α-hetero) is 1. The van der Waals surface area contributed by atoms with Crippen LogP contribution in [0.1, 0.15) is 72.1 Å². The van der Waals surface area contributed by atoms with Gasteiger partial charge in [0.1, 0.15) is 12.1 Å². The molecule has 3 fully saturated rings. The van der Waals surface area contributed by atoms with Crippen LogP contribution in [0, 0.1) is 34.5 Å². The molecule has 3 aliphatic carbocycles. The molecule has 0 spiro atoms. The number of fused-ring (bicyclic) bond motifs is 3. The molecule has 0 saturated heterocycles. The average Bonchev–Trinajstić information content (AvgIpc) is 2.86. The second-order valence-electron chi connectivity index (χ2n) is 8.98. The van der Waals surface area contributed by atoms with E-state index in [0.717, 1.165) is 37.9 Å². The highest BCUT2D eigenvalue weighted by Gasteiger charge is 2.59. The Morgan fingerprint density at radius 2 is 1.96 bits per heavy atom. The summed E-state index contributed by atoms with van der Waals surface area (Å²) in [5, 5.41) is 0. The molecular weight excluding hydrogens is 284 g/mol. The first kappa shape index (κ1) is 16.9. The number of hydrogen-bond donors (Lipinski definition) is 0. The molecule has 3 saturated carbocycles. The van der Waals surface area contributed by atoms with Crippen molar-refractivity contribution in [2.45, 2.75) is 72.1 Å². The fourth-order valence-electron chi connectivity index (χ4n) is 6.76. The molecular formula is C21H32O2. The first-order valence-electron chi connectivity index (χ1n) is 9.47. The van der Waals surface area contributed by atoms with Crippen molar-refractivity contribution >= 4 is 12.1 Å². The van der Waals surface area contributed by atoms with Gasteiger partial charge in [-0.05, 0) is 74.5 Å². The molecule has 0 amide bonds. The second kappa shape index (κ2) is 5.86. The van der Waals surface area contributed by atoms with Crippen LogP contribution in [0.4, 0.5) is 0 Å². The van der Waals surface area contributed by atoms with Gasteiger partial charge >= 0.3 is 0 Å². The number of carbonyl (C=O) groups is 2. The quantitative estimate of drug-likeness (QED) is 0.542. The summed E-state index contributed by atoms with van der Waals surface area (Å²) in [7, 11) is 0. The molecule has 128 valence electrons. The molecule has 0 bridgehead atoms. The van der Waals surface area contributed by atoms with Gasteiger partial charge in [0.15, 0.2) is 0 Å². The van der Waals surface area contributed by atoms with Gasteiger partial charge < -0.3 is 4.79 Å². The largest absolute Gasteiger partial charge is 0.303 e. The highest BCUT2D eigenvalue weighted by molar-refractivity contribution is 5.86. The van der Waals surface area contributed by atoms with Crippen molar-refractivity contribution in [2.24, 2.45) is 34.5 Å². The van der Waals surface area contributed by atoms with E-state index in [0.29, 0.717) is 35.4 Å². The predicted octanol–water partition coefficient (Wildman–Crippen LogP) is 4.97. The molecule has 0 aliphatic heterocycles. The molecule has 23 heavy (non-hydrogen) atoms. The third kappa shape index (κ3) is 2.44. The summed E-state index contributed by atoms with van der Waals surface area (Å²) in [6.45, 7) is 11.1. The van der Waals surface area contributed by atoms with Crippen molar-refractivity contribution in [3.63, 3.8) is 0 Å². The lowest BCUT2D eigenvalue weighted by molar-refractivity contribution is -0.145. The molecule has 2 heteroatoms. The molecule has 0 aromatic heterocycles. The van der Waals surface area contributed by atoms with Crippen LogP contribution in [0.2, 0.25) is 0 Å². The number of ketones is 1. The Bertz CT molecular complexity index is 522. The SMILES string of the molecule is C=C(C)C1CCC2C3CCC(=O)C(C)(CCC=O)C3CCC12C. The van der Waals surface area contributed by atoms with E-state index in [1.54, 1.807) is 0 Å². The molecule has 2 nitrogen and oxygen atoms in total. The van der Waals surface area contributed by atoms with Crippen molar-refractivity contribution < 1.29 is 9.59 Å². The summed E-state index contributed by atoms with van der Waals surface area (Å²) in [5.74, 6) is 2.98. The van der Waals surface area contributed by atoms with Crippen molar-refractivity contribution in [3.05, 3.63) is 12.2 Å². The zero-order valence-electron chi connectivity index (χ0n) is 15.1. The van der Waals surface area contributed by atoms with Gasteiger partial charge in [-0.2, -0.15) is 0 Å². The van der Waals surface area contributed by atoms with E-state index in [1.165, 1.54) is 24.8 Å². The van der Waals surface area contributed by atoms with Crippen molar-refractivity contribution in [1.82, 2.24) is 0 Å². The minimum absolute atomic E-state index is 0.257. The zero-order valence-corrected chi connectivity index (χ0v) is 15.1. The first-order chi connectivity index (χ1) is 10.8. The molecule has 0 N–H and O–H groups in total. The lowest BCUT2D eigenvalue weighted by Gasteiger charge is -2.56. The minimum Gasteiger partial charge on any atom is -0.303 e. The van der Waals surface area contributed by atoms with Gasteiger partial charge in [-0.1, -0.05) is 26.0 Å². The Morgan fingerprint density at radius 3 is 2.61 bits per heavy atom. The molecule has 3 aliphatic rings. The Kier molecular flexibility index (Phi) is 4.31. The maximum Gasteiger partial charge on any atom is 0.139 e. The van der Waals surface area contributed by atoms with Crippen LogP contribution in [0.25, 0.3) is 0 Å². The number of rotatable bonds is 4. The number of allylic oxidation sites excluding steroid dienone is 1. The van der Waals surface area contributed by atoms with Gasteiger partial charge in [-0.15, -0.1) is 0 Å². The predicted molar refractivity (Wildman–Crippen MR) is 93.0 cm³/mol. The molecule has 0 heterocycles. The van der Waals surface area contributed by atoms with Crippen LogP contribution in [0.3, 0.4) is 0 Å². The molecule has 6 atom stereocenters. The number of aldehydes is 1. The summed E-state index contributed by atoms with van der Waals surface area (Å²) in [5.41, 5.74) is 1.48. The number of carbonyl (C=O) groups excluding carboxylic acids is 2. The fourth-order valence-corrected chi connectivity index (χ4v) is 6.76. The monoisotopic (exact) mass is 316 g/mol. The van der Waals surface area contributed by atoms with E-state index in [9.17, 15) is 9.59 Å². The fraction of sp³-hybridized carbons (Fsp3) is 0.810. The summed E-state index contributed by atoms with van der Waals surface area (Å²) in [4.78, 5) is 23.6. The van der Waals surface area contributed by atoms with Crippen LogP contribution in [0.5, 0.6) is 0 Å². The highest BCUT2D eigenvalue weighted by atomic mass is 16.1. The van der Waals surface area contributed by atoms with E-state index in [2.05, 4.69) is 27.4 Å². The molecule has 0 aromatic carbocycles. The first-order valence-corrected chi connectivity index (χ1v) is 9.47. The molecule has 0 aromatic rings. The number of hydrogen-bond acceptors (Lipinski definition) is 2. The Balaban J connectivity index is 1.89. The van der Waals surface area contributed by atoms with Gasteiger partial charge in [0.05, 0.1) is 0 Å². The smallest absolute Gasteiger partial charge is 0.139 e. The van der Waals surface area contributed by atoms with Gasteiger partial charge in [0.2, 0.25) is 0 Å². The van der Waals surface area contributed by atoms with Gasteiger partial charge in [0, 0.05) is 18.3 Å². The Hall–Kier alpha value is -0.920. The van der Waals surface area contributed by atoms with Gasteiger partial charge in [-0.25, -0.2) is 0 Å². The van der Waals surface area contributed by atoms with Gasteiger partial charge in [-0.3, -0.25) is 4.79 Å². The molecule has 3 rings (SSSR count). The van der Waals surface area contributed by atoms with Crippen LogP contribution in [-0.4, -0.2) is 12.1 Å². The lowest BCUT2D eigenvalue weighted by atomic mass is 9.48. The Labute approximate surface area is 141 Å². The van der Waals surface area contributed by atoms with E-state index < -0.39 is 0 Å². The third-order valence-corrected chi connectivity index (χ3v) is 7.97. The third-order valence-electron chi connectivity index (χ3n) is 7.97. The average molecular weight is 316 g/mol. The summed E-state index contributed by atoms with van der Waals surface area (Å²) in [6, 6.07) is 0. The maximum absolute atomic E-state index is 12.7. The maximum atomic E-state index is 12.7. The van der Waals surface area contributed by atoms with Crippen LogP contribution in [0.15, 0.2) is 12.2 Å². The van der Waals surface area contributed by atoms with Crippen molar-refractivity contribution in [3.8, 4) is 0 Å². The van der Waals surface area contributed by atoms with E-state index in [1.807, 2.05) is 0 Å².